The SMILES string of the molecule is CCOC(=O)Cn1c(=NC(=O)CC2CCCCC2)sc2ccccc21. The highest BCUT2D eigenvalue weighted by atomic mass is 32.1. The molecule has 5 nitrogen and oxygen atoms in total. The number of aromatic nitrogens is 1. The van der Waals surface area contributed by atoms with Gasteiger partial charge in [0.15, 0.2) is 4.80 Å². The Hall–Kier alpha value is -1.95. The molecule has 1 aromatic heterocycles. The molecule has 0 spiro atoms. The molecule has 0 N–H and O–H groups in total. The smallest absolute Gasteiger partial charge is 0.326 e. The summed E-state index contributed by atoms with van der Waals surface area (Å²) in [5.41, 5.74) is 0.907. The van der Waals surface area contributed by atoms with E-state index in [1.165, 1.54) is 30.6 Å². The first kappa shape index (κ1) is 17.9. The maximum absolute atomic E-state index is 12.4. The molecule has 0 atom stereocenters. The van der Waals surface area contributed by atoms with E-state index in [9.17, 15) is 9.59 Å². The molecule has 1 saturated carbocycles. The number of nitrogens with zero attached hydrogens (tertiary/aromatic N) is 2. The molecular formula is C19H24N2O3S. The van der Waals surface area contributed by atoms with Gasteiger partial charge in [0.1, 0.15) is 6.54 Å². The summed E-state index contributed by atoms with van der Waals surface area (Å²) < 4.78 is 7.86. The predicted octanol–water partition coefficient (Wildman–Crippen LogP) is 3.66. The van der Waals surface area contributed by atoms with Gasteiger partial charge >= 0.3 is 5.97 Å². The van der Waals surface area contributed by atoms with Crippen molar-refractivity contribution in [1.82, 2.24) is 4.57 Å². The van der Waals surface area contributed by atoms with E-state index in [2.05, 4.69) is 4.99 Å². The van der Waals surface area contributed by atoms with Crippen molar-refractivity contribution in [3.8, 4) is 0 Å². The molecule has 3 rings (SSSR count). The van der Waals surface area contributed by atoms with Crippen molar-refractivity contribution in [1.29, 1.82) is 0 Å². The normalized spacial score (nSPS) is 16.3. The van der Waals surface area contributed by atoms with Gasteiger partial charge in [-0.25, -0.2) is 0 Å². The van der Waals surface area contributed by atoms with Gasteiger partial charge in [-0.2, -0.15) is 4.99 Å². The number of amides is 1. The van der Waals surface area contributed by atoms with Crippen LogP contribution in [0.2, 0.25) is 0 Å². The van der Waals surface area contributed by atoms with Gasteiger partial charge in [-0.1, -0.05) is 42.7 Å². The summed E-state index contributed by atoms with van der Waals surface area (Å²) >= 11 is 1.44. The van der Waals surface area contributed by atoms with Gasteiger partial charge in [-0.15, -0.1) is 0 Å². The summed E-state index contributed by atoms with van der Waals surface area (Å²) in [6, 6.07) is 7.79. The number of carbonyl (C=O) groups excluding carboxylic acids is 2. The minimum absolute atomic E-state index is 0.0768. The van der Waals surface area contributed by atoms with E-state index in [4.69, 9.17) is 4.74 Å². The lowest BCUT2D eigenvalue weighted by molar-refractivity contribution is -0.143. The molecule has 1 aliphatic carbocycles. The lowest BCUT2D eigenvalue weighted by Gasteiger charge is -2.19. The number of rotatable bonds is 5. The number of carbonyl (C=O) groups is 2. The zero-order valence-electron chi connectivity index (χ0n) is 14.6. The predicted molar refractivity (Wildman–Crippen MR) is 98.2 cm³/mol. The van der Waals surface area contributed by atoms with Gasteiger partial charge in [0, 0.05) is 6.42 Å². The topological polar surface area (TPSA) is 60.7 Å². The number of hydrogen-bond acceptors (Lipinski definition) is 4. The first-order valence-corrected chi connectivity index (χ1v) is 9.80. The van der Waals surface area contributed by atoms with Gasteiger partial charge in [-0.05, 0) is 37.8 Å². The molecule has 0 bridgehead atoms. The van der Waals surface area contributed by atoms with Crippen LogP contribution in [0.4, 0.5) is 0 Å². The Morgan fingerprint density at radius 3 is 2.76 bits per heavy atom. The number of benzene rings is 1. The van der Waals surface area contributed by atoms with E-state index in [1.54, 1.807) is 11.5 Å². The molecule has 1 amide bonds. The molecule has 0 saturated heterocycles. The van der Waals surface area contributed by atoms with Crippen molar-refractivity contribution in [2.45, 2.75) is 52.0 Å². The van der Waals surface area contributed by atoms with Crippen molar-refractivity contribution >= 4 is 33.4 Å². The Balaban J connectivity index is 1.88. The van der Waals surface area contributed by atoms with E-state index in [-0.39, 0.29) is 18.4 Å². The third-order valence-corrected chi connectivity index (χ3v) is 5.65. The maximum atomic E-state index is 12.4. The fourth-order valence-corrected chi connectivity index (χ4v) is 4.43. The second-order valence-corrected chi connectivity index (χ2v) is 7.47. The minimum atomic E-state index is -0.313. The zero-order chi connectivity index (χ0) is 17.6. The number of hydrogen-bond donors (Lipinski definition) is 0. The summed E-state index contributed by atoms with van der Waals surface area (Å²) in [5.74, 6) is 0.0567. The van der Waals surface area contributed by atoms with Crippen LogP contribution >= 0.6 is 11.3 Å². The summed E-state index contributed by atoms with van der Waals surface area (Å²) in [6.07, 6.45) is 6.45. The molecule has 0 unspecified atom stereocenters. The summed E-state index contributed by atoms with van der Waals surface area (Å²) in [6.45, 7) is 2.20. The molecule has 1 aromatic carbocycles. The monoisotopic (exact) mass is 360 g/mol. The molecule has 1 fully saturated rings. The third-order valence-electron chi connectivity index (χ3n) is 4.59. The van der Waals surface area contributed by atoms with Crippen LogP contribution in [0, 0.1) is 5.92 Å². The van der Waals surface area contributed by atoms with E-state index >= 15 is 0 Å². The Kier molecular flexibility index (Phi) is 6.02. The number of esters is 1. The Bertz CT molecular complexity index is 815. The van der Waals surface area contributed by atoms with Crippen molar-refractivity contribution in [2.75, 3.05) is 6.61 Å². The molecule has 0 radical (unpaired) electrons. The Labute approximate surface area is 151 Å². The highest BCUT2D eigenvalue weighted by Crippen LogP contribution is 2.26. The van der Waals surface area contributed by atoms with Gasteiger partial charge < -0.3 is 9.30 Å². The molecule has 1 aliphatic rings. The number of para-hydroxylation sites is 1. The van der Waals surface area contributed by atoms with Crippen LogP contribution in [0.25, 0.3) is 10.2 Å². The lowest BCUT2D eigenvalue weighted by atomic mass is 9.87. The Morgan fingerprint density at radius 1 is 1.24 bits per heavy atom. The van der Waals surface area contributed by atoms with Crippen molar-refractivity contribution in [2.24, 2.45) is 10.9 Å². The van der Waals surface area contributed by atoms with E-state index in [0.29, 0.717) is 23.7 Å². The Morgan fingerprint density at radius 2 is 2.00 bits per heavy atom. The van der Waals surface area contributed by atoms with Gasteiger partial charge in [0.25, 0.3) is 0 Å². The largest absolute Gasteiger partial charge is 0.465 e. The minimum Gasteiger partial charge on any atom is -0.465 e. The molecule has 25 heavy (non-hydrogen) atoms. The maximum Gasteiger partial charge on any atom is 0.326 e. The van der Waals surface area contributed by atoms with Crippen LogP contribution in [0.1, 0.15) is 45.4 Å². The van der Waals surface area contributed by atoms with E-state index in [0.717, 1.165) is 23.1 Å². The van der Waals surface area contributed by atoms with Gasteiger partial charge in [0.2, 0.25) is 5.91 Å². The number of thiazole rings is 1. The number of ether oxygens (including phenoxy) is 1. The average molecular weight is 360 g/mol. The summed E-state index contributed by atoms with van der Waals surface area (Å²) in [5, 5.41) is 0. The van der Waals surface area contributed by atoms with Gasteiger partial charge in [0.05, 0.1) is 16.8 Å². The van der Waals surface area contributed by atoms with E-state index < -0.39 is 0 Å². The summed E-state index contributed by atoms with van der Waals surface area (Å²) in [4.78, 5) is 29.3. The van der Waals surface area contributed by atoms with Crippen LogP contribution in [0.5, 0.6) is 0 Å². The quantitative estimate of drug-likeness (QED) is 0.765. The fraction of sp³-hybridized carbons (Fsp3) is 0.526. The van der Waals surface area contributed by atoms with Crippen LogP contribution < -0.4 is 4.80 Å². The molecular weight excluding hydrogens is 336 g/mol. The highest BCUT2D eigenvalue weighted by Gasteiger charge is 2.17. The lowest BCUT2D eigenvalue weighted by Crippen LogP contribution is -2.23. The highest BCUT2D eigenvalue weighted by molar-refractivity contribution is 7.16. The van der Waals surface area contributed by atoms with Crippen molar-refractivity contribution in [3.63, 3.8) is 0 Å². The fourth-order valence-electron chi connectivity index (χ4n) is 3.39. The second kappa shape index (κ2) is 8.43. The van der Waals surface area contributed by atoms with Crippen LogP contribution in [-0.4, -0.2) is 23.1 Å². The van der Waals surface area contributed by atoms with Crippen molar-refractivity contribution < 1.29 is 14.3 Å². The molecule has 2 aromatic rings. The number of fused-ring (bicyclic) bond motifs is 1. The second-order valence-electron chi connectivity index (χ2n) is 6.46. The van der Waals surface area contributed by atoms with Crippen molar-refractivity contribution in [3.05, 3.63) is 29.1 Å². The third kappa shape index (κ3) is 4.57. The molecule has 1 heterocycles. The molecule has 134 valence electrons. The van der Waals surface area contributed by atoms with E-state index in [1.807, 2.05) is 24.3 Å². The van der Waals surface area contributed by atoms with Crippen LogP contribution in [-0.2, 0) is 20.9 Å². The van der Waals surface area contributed by atoms with Crippen LogP contribution in [0.15, 0.2) is 29.3 Å². The van der Waals surface area contributed by atoms with Crippen LogP contribution in [0.3, 0.4) is 0 Å². The molecule has 6 heteroatoms. The zero-order valence-corrected chi connectivity index (χ0v) is 15.4. The molecule has 0 aliphatic heterocycles. The standard InChI is InChI=1S/C19H24N2O3S/c1-2-24-18(23)13-21-15-10-6-7-11-16(15)25-19(21)20-17(22)12-14-8-4-3-5-9-14/h6-7,10-11,14H,2-5,8-9,12-13H2,1H3. The van der Waals surface area contributed by atoms with Gasteiger partial charge in [-0.3, -0.25) is 9.59 Å². The first-order chi connectivity index (χ1) is 12.2. The first-order valence-electron chi connectivity index (χ1n) is 8.99. The summed E-state index contributed by atoms with van der Waals surface area (Å²) in [7, 11) is 0. The average Bonchev–Trinajstić information content (AvgIpc) is 2.93.